The van der Waals surface area contributed by atoms with Crippen LogP contribution in [-0.2, 0) is 0 Å². The molecule has 5 nitrogen and oxygen atoms in total. The summed E-state index contributed by atoms with van der Waals surface area (Å²) in [5.41, 5.74) is 1.82. The molecule has 1 saturated heterocycles. The van der Waals surface area contributed by atoms with Crippen molar-refractivity contribution in [3.63, 3.8) is 0 Å². The maximum atomic E-state index is 13.0. The number of piperidine rings is 1. The van der Waals surface area contributed by atoms with Crippen LogP contribution in [0.25, 0.3) is 15.9 Å². The van der Waals surface area contributed by atoms with E-state index in [0.29, 0.717) is 11.1 Å². The molecule has 0 spiro atoms. The first-order valence-electron chi connectivity index (χ1n) is 8.77. The van der Waals surface area contributed by atoms with Crippen LogP contribution in [0.15, 0.2) is 30.3 Å². The quantitative estimate of drug-likeness (QED) is 0.740. The molecule has 1 N–H and O–H groups in total. The van der Waals surface area contributed by atoms with Gasteiger partial charge in [0.15, 0.2) is 0 Å². The number of halogens is 1. The van der Waals surface area contributed by atoms with Crippen molar-refractivity contribution in [2.24, 2.45) is 0 Å². The van der Waals surface area contributed by atoms with E-state index in [1.807, 2.05) is 53.9 Å². The lowest BCUT2D eigenvalue weighted by atomic mass is 10.1. The third-order valence-electron chi connectivity index (χ3n) is 4.98. The van der Waals surface area contributed by atoms with Crippen LogP contribution < -0.4 is 5.32 Å². The summed E-state index contributed by atoms with van der Waals surface area (Å²) in [5, 5.41) is 9.67. The van der Waals surface area contributed by atoms with E-state index in [4.69, 9.17) is 11.6 Å². The van der Waals surface area contributed by atoms with E-state index in [9.17, 15) is 4.79 Å². The van der Waals surface area contributed by atoms with E-state index in [1.54, 1.807) is 0 Å². The molecule has 4 rings (SSSR count). The molecule has 0 radical (unpaired) electrons. The predicted octanol–water partition coefficient (Wildman–Crippen LogP) is 3.87. The van der Waals surface area contributed by atoms with Gasteiger partial charge in [-0.15, -0.1) is 11.3 Å². The van der Waals surface area contributed by atoms with Crippen LogP contribution in [0.3, 0.4) is 0 Å². The summed E-state index contributed by atoms with van der Waals surface area (Å²) < 4.78 is 1.88. The van der Waals surface area contributed by atoms with Crippen molar-refractivity contribution >= 4 is 39.1 Å². The van der Waals surface area contributed by atoms with Gasteiger partial charge in [0.05, 0.1) is 16.3 Å². The molecular weight excluding hydrogens is 368 g/mol. The summed E-state index contributed by atoms with van der Waals surface area (Å²) >= 11 is 7.63. The van der Waals surface area contributed by atoms with Crippen LogP contribution in [0.1, 0.15) is 28.2 Å². The van der Waals surface area contributed by atoms with Crippen LogP contribution in [0.2, 0.25) is 5.02 Å². The zero-order chi connectivity index (χ0) is 18.3. The van der Waals surface area contributed by atoms with Crippen molar-refractivity contribution in [2.75, 3.05) is 20.1 Å². The molecule has 26 heavy (non-hydrogen) atoms. The molecule has 0 unspecified atom stereocenters. The summed E-state index contributed by atoms with van der Waals surface area (Å²) in [6, 6.07) is 9.89. The van der Waals surface area contributed by atoms with Gasteiger partial charge in [0.1, 0.15) is 4.83 Å². The second-order valence-electron chi connectivity index (χ2n) is 6.70. The van der Waals surface area contributed by atoms with Crippen molar-refractivity contribution < 1.29 is 4.79 Å². The minimum absolute atomic E-state index is 0.0927. The molecule has 1 aliphatic rings. The van der Waals surface area contributed by atoms with Gasteiger partial charge in [-0.2, -0.15) is 5.10 Å². The highest BCUT2D eigenvalue weighted by Gasteiger charge is 2.25. The van der Waals surface area contributed by atoms with Crippen LogP contribution in [-0.4, -0.2) is 46.8 Å². The Labute approximate surface area is 161 Å². The van der Waals surface area contributed by atoms with Gasteiger partial charge in [0.25, 0.3) is 5.91 Å². The number of rotatable bonds is 3. The predicted molar refractivity (Wildman–Crippen MR) is 107 cm³/mol. The first kappa shape index (κ1) is 17.5. The zero-order valence-electron chi connectivity index (χ0n) is 14.8. The highest BCUT2D eigenvalue weighted by Crippen LogP contribution is 2.32. The molecule has 2 aromatic heterocycles. The van der Waals surface area contributed by atoms with E-state index in [1.165, 1.54) is 11.3 Å². The molecule has 3 aromatic rings. The van der Waals surface area contributed by atoms with Crippen LogP contribution >= 0.6 is 22.9 Å². The molecule has 1 aliphatic heterocycles. The number of fused-ring (bicyclic) bond motifs is 1. The number of hydrogen-bond donors (Lipinski definition) is 1. The monoisotopic (exact) mass is 388 g/mol. The van der Waals surface area contributed by atoms with Crippen molar-refractivity contribution in [3.8, 4) is 5.69 Å². The Bertz CT molecular complexity index is 958. The lowest BCUT2D eigenvalue weighted by molar-refractivity contribution is 0.0708. The first-order chi connectivity index (χ1) is 12.5. The number of carbonyl (C=O) groups excluding carboxylic acids is 1. The topological polar surface area (TPSA) is 50.2 Å². The average Bonchev–Trinajstić information content (AvgIpc) is 3.22. The smallest absolute Gasteiger partial charge is 0.264 e. The molecule has 1 amide bonds. The number of hydrogen-bond acceptors (Lipinski definition) is 4. The zero-order valence-corrected chi connectivity index (χ0v) is 16.4. The van der Waals surface area contributed by atoms with Gasteiger partial charge in [0, 0.05) is 23.5 Å². The maximum absolute atomic E-state index is 13.0. The third kappa shape index (κ3) is 3.13. The molecule has 136 valence electrons. The minimum atomic E-state index is 0.0927. The third-order valence-corrected chi connectivity index (χ3v) is 6.32. The number of carbonyl (C=O) groups is 1. The molecule has 1 fully saturated rings. The molecular formula is C19H21ClN4OS. The molecule has 3 heterocycles. The van der Waals surface area contributed by atoms with E-state index in [2.05, 4.69) is 10.4 Å². The van der Waals surface area contributed by atoms with Crippen molar-refractivity contribution in [2.45, 2.75) is 25.8 Å². The fourth-order valence-corrected chi connectivity index (χ4v) is 4.82. The number of thiophene rings is 1. The lowest BCUT2D eigenvalue weighted by Gasteiger charge is -2.31. The molecule has 7 heteroatoms. The van der Waals surface area contributed by atoms with E-state index in [0.717, 1.165) is 52.4 Å². The maximum Gasteiger partial charge on any atom is 0.264 e. The number of amides is 1. The summed E-state index contributed by atoms with van der Waals surface area (Å²) in [6.07, 6.45) is 2.00. The molecule has 0 atom stereocenters. The molecule has 0 bridgehead atoms. The Morgan fingerprint density at radius 2 is 2.12 bits per heavy atom. The molecule has 1 aromatic carbocycles. The Balaban J connectivity index is 1.69. The Morgan fingerprint density at radius 3 is 2.85 bits per heavy atom. The minimum Gasteiger partial charge on any atom is -0.338 e. The van der Waals surface area contributed by atoms with Crippen molar-refractivity contribution in [1.29, 1.82) is 0 Å². The summed E-state index contributed by atoms with van der Waals surface area (Å²) in [5.74, 6) is 0.0927. The Hall–Kier alpha value is -1.89. The second kappa shape index (κ2) is 7.02. The van der Waals surface area contributed by atoms with Gasteiger partial charge in [-0.3, -0.25) is 4.79 Å². The lowest BCUT2D eigenvalue weighted by Crippen LogP contribution is -2.43. The fourth-order valence-electron chi connectivity index (χ4n) is 3.47. The molecule has 0 saturated carbocycles. The highest BCUT2D eigenvalue weighted by atomic mass is 35.5. The number of benzene rings is 1. The SMILES string of the molecule is Cc1nn(-c2cccc(Cl)c2)c2sc(C(=O)N(C)C3CCNCC3)cc12. The Morgan fingerprint density at radius 1 is 1.35 bits per heavy atom. The van der Waals surface area contributed by atoms with Crippen molar-refractivity contribution in [3.05, 3.63) is 45.9 Å². The molecule has 0 aliphatic carbocycles. The van der Waals surface area contributed by atoms with E-state index >= 15 is 0 Å². The number of nitrogens with zero attached hydrogens (tertiary/aromatic N) is 3. The van der Waals surface area contributed by atoms with Crippen LogP contribution in [0, 0.1) is 6.92 Å². The Kier molecular flexibility index (Phi) is 4.73. The van der Waals surface area contributed by atoms with E-state index < -0.39 is 0 Å². The highest BCUT2D eigenvalue weighted by molar-refractivity contribution is 7.20. The summed E-state index contributed by atoms with van der Waals surface area (Å²) in [6.45, 7) is 3.91. The van der Waals surface area contributed by atoms with Gasteiger partial charge in [0.2, 0.25) is 0 Å². The summed E-state index contributed by atoms with van der Waals surface area (Å²) in [7, 11) is 1.92. The van der Waals surface area contributed by atoms with E-state index in [-0.39, 0.29) is 5.91 Å². The largest absolute Gasteiger partial charge is 0.338 e. The van der Waals surface area contributed by atoms with Gasteiger partial charge in [-0.05, 0) is 57.1 Å². The van der Waals surface area contributed by atoms with Gasteiger partial charge in [-0.1, -0.05) is 17.7 Å². The average molecular weight is 389 g/mol. The first-order valence-corrected chi connectivity index (χ1v) is 9.97. The van der Waals surface area contributed by atoms with Crippen molar-refractivity contribution in [1.82, 2.24) is 20.0 Å². The van der Waals surface area contributed by atoms with Gasteiger partial charge in [-0.25, -0.2) is 4.68 Å². The second-order valence-corrected chi connectivity index (χ2v) is 8.17. The number of nitrogens with one attached hydrogen (secondary N) is 1. The summed E-state index contributed by atoms with van der Waals surface area (Å²) in [4.78, 5) is 16.6. The standard InChI is InChI=1S/C19H21ClN4OS/c1-12-16-11-17(18(25)23(2)14-6-8-21-9-7-14)26-19(16)24(22-12)15-5-3-4-13(20)10-15/h3-5,10-11,14,21H,6-9H2,1-2H3. The van der Waals surface area contributed by atoms with Crippen LogP contribution in [0.4, 0.5) is 0 Å². The van der Waals surface area contributed by atoms with Gasteiger partial charge < -0.3 is 10.2 Å². The number of aryl methyl sites for hydroxylation is 1. The van der Waals surface area contributed by atoms with Crippen LogP contribution in [0.5, 0.6) is 0 Å². The number of aromatic nitrogens is 2. The normalized spacial score (nSPS) is 15.5. The fraction of sp³-hybridized carbons (Fsp3) is 0.368. The van der Waals surface area contributed by atoms with Gasteiger partial charge >= 0.3 is 0 Å².